The Morgan fingerprint density at radius 2 is 1.75 bits per heavy atom. The van der Waals surface area contributed by atoms with Crippen molar-refractivity contribution < 1.29 is 20.8 Å². The van der Waals surface area contributed by atoms with Crippen LogP contribution in [-0.2, 0) is 20.8 Å². The molecule has 1 aliphatic rings. The molecule has 0 atom stereocenters. The fourth-order valence-corrected chi connectivity index (χ4v) is 3.38. The molecule has 0 heterocycles. The number of halogens is 2. The van der Waals surface area contributed by atoms with Gasteiger partial charge in [-0.25, -0.2) is 0 Å². The van der Waals surface area contributed by atoms with Gasteiger partial charge < -0.3 is 0 Å². The number of rotatable bonds is 1. The molecule has 0 amide bonds. The molecular weight excluding hydrogens is 366 g/mol. The van der Waals surface area contributed by atoms with Crippen LogP contribution in [0, 0.1) is 13.8 Å². The van der Waals surface area contributed by atoms with E-state index in [4.69, 9.17) is 17.0 Å². The summed E-state index contributed by atoms with van der Waals surface area (Å²) in [6.45, 7) is 4.44. The Hall–Kier alpha value is 0.293. The molecule has 3 rings (SSSR count). The maximum absolute atomic E-state index is 4.93. The van der Waals surface area contributed by atoms with Crippen LogP contribution in [-0.4, -0.2) is 0 Å². The Labute approximate surface area is 140 Å². The summed E-state index contributed by atoms with van der Waals surface area (Å²) in [4.78, 5) is 0. The number of benzene rings is 1. The molecule has 0 N–H and O–H groups in total. The van der Waals surface area contributed by atoms with Crippen LogP contribution >= 0.6 is 17.0 Å². The standard InChI is InChI=1S/C17H21.2ClH.Zr/c1-12-10-16-13(2)8-9-15(17(16)11-12)14-6-4-3-5-7-14;;;/h8-11,14H,3-7H2,1-2H3;2*1H;/q-1;;;+2/p-2. The van der Waals surface area contributed by atoms with Crippen LogP contribution in [0.5, 0.6) is 0 Å². The maximum atomic E-state index is 4.93. The third-order valence-corrected chi connectivity index (χ3v) is 4.33. The van der Waals surface area contributed by atoms with Crippen LogP contribution in [0.1, 0.15) is 54.7 Å². The van der Waals surface area contributed by atoms with Crippen molar-refractivity contribution in [3.05, 3.63) is 41.0 Å². The predicted molar refractivity (Wildman–Crippen MR) is 86.5 cm³/mol. The molecule has 1 aliphatic carbocycles. The van der Waals surface area contributed by atoms with E-state index in [9.17, 15) is 0 Å². The second kappa shape index (κ2) is 8.07. The molecule has 108 valence electrons. The van der Waals surface area contributed by atoms with Crippen molar-refractivity contribution in [3.63, 3.8) is 0 Å². The van der Waals surface area contributed by atoms with Crippen LogP contribution in [0.15, 0.2) is 24.3 Å². The molecule has 0 saturated heterocycles. The summed E-state index contributed by atoms with van der Waals surface area (Å²) in [7, 11) is 9.87. The van der Waals surface area contributed by atoms with Gasteiger partial charge in [-0.2, -0.15) is 6.07 Å². The van der Waals surface area contributed by atoms with Crippen LogP contribution < -0.4 is 0 Å². The van der Waals surface area contributed by atoms with Gasteiger partial charge in [0.05, 0.1) is 0 Å². The van der Waals surface area contributed by atoms with Gasteiger partial charge in [0.25, 0.3) is 0 Å². The summed E-state index contributed by atoms with van der Waals surface area (Å²) < 4.78 is 0. The molecule has 3 heteroatoms. The fraction of sp³-hybridized carbons (Fsp3) is 0.471. The molecule has 1 fully saturated rings. The average Bonchev–Trinajstić information content (AvgIpc) is 2.84. The van der Waals surface area contributed by atoms with E-state index >= 15 is 0 Å². The average molecular weight is 387 g/mol. The first-order valence-electron chi connectivity index (χ1n) is 7.30. The summed E-state index contributed by atoms with van der Waals surface area (Å²) >= 11 is -0.826. The zero-order valence-electron chi connectivity index (χ0n) is 12.2. The van der Waals surface area contributed by atoms with Gasteiger partial charge in [0.2, 0.25) is 0 Å². The summed E-state index contributed by atoms with van der Waals surface area (Å²) in [5, 5.41) is 3.00. The van der Waals surface area contributed by atoms with Crippen LogP contribution in [0.4, 0.5) is 0 Å². The monoisotopic (exact) mass is 385 g/mol. The minimum atomic E-state index is -0.826. The van der Waals surface area contributed by atoms with E-state index in [1.807, 2.05) is 0 Å². The zero-order valence-corrected chi connectivity index (χ0v) is 16.1. The van der Waals surface area contributed by atoms with E-state index in [-0.39, 0.29) is 0 Å². The third-order valence-electron chi connectivity index (χ3n) is 4.33. The number of aryl methyl sites for hydroxylation is 2. The van der Waals surface area contributed by atoms with E-state index in [1.54, 1.807) is 5.56 Å². The van der Waals surface area contributed by atoms with E-state index in [2.05, 4.69) is 38.1 Å². The van der Waals surface area contributed by atoms with E-state index in [1.165, 1.54) is 54.0 Å². The number of fused-ring (bicyclic) bond motifs is 1. The van der Waals surface area contributed by atoms with Crippen molar-refractivity contribution in [2.45, 2.75) is 51.9 Å². The van der Waals surface area contributed by atoms with Gasteiger partial charge in [-0.15, -0.1) is 34.0 Å². The van der Waals surface area contributed by atoms with E-state index < -0.39 is 20.8 Å². The SMILES string of the molecule is Cc1cc2c(C3CCCCC3)ccc(C)c2[cH-]1.[Cl][Zr][Cl]. The van der Waals surface area contributed by atoms with Gasteiger partial charge >= 0.3 is 37.9 Å². The van der Waals surface area contributed by atoms with Gasteiger partial charge in [0.15, 0.2) is 0 Å². The van der Waals surface area contributed by atoms with Crippen molar-refractivity contribution in [2.24, 2.45) is 0 Å². The summed E-state index contributed by atoms with van der Waals surface area (Å²) in [6, 6.07) is 9.42. The Morgan fingerprint density at radius 3 is 2.40 bits per heavy atom. The van der Waals surface area contributed by atoms with Crippen LogP contribution in [0.2, 0.25) is 0 Å². The predicted octanol–water partition coefficient (Wildman–Crippen LogP) is 6.60. The molecular formula is C17H21Cl2Zr-. The van der Waals surface area contributed by atoms with Gasteiger partial charge in [-0.05, 0) is 18.8 Å². The van der Waals surface area contributed by atoms with E-state index in [0.717, 1.165) is 5.92 Å². The zero-order chi connectivity index (χ0) is 14.5. The topological polar surface area (TPSA) is 0 Å². The summed E-state index contributed by atoms with van der Waals surface area (Å²) in [5.41, 5.74) is 4.44. The normalized spacial score (nSPS) is 15.8. The third kappa shape index (κ3) is 3.93. The van der Waals surface area contributed by atoms with Gasteiger partial charge in [0, 0.05) is 0 Å². The first-order valence-corrected chi connectivity index (χ1v) is 13.6. The van der Waals surface area contributed by atoms with Crippen molar-refractivity contribution in [2.75, 3.05) is 0 Å². The Kier molecular flexibility index (Phi) is 6.72. The van der Waals surface area contributed by atoms with Crippen LogP contribution in [0.25, 0.3) is 10.8 Å². The number of hydrogen-bond acceptors (Lipinski definition) is 0. The fourth-order valence-electron chi connectivity index (χ4n) is 3.38. The molecule has 0 radical (unpaired) electrons. The molecule has 0 aliphatic heterocycles. The molecule has 2 aromatic carbocycles. The Bertz CT molecular complexity index is 553. The van der Waals surface area contributed by atoms with Crippen molar-refractivity contribution >= 4 is 27.8 Å². The molecule has 0 unspecified atom stereocenters. The molecule has 0 spiro atoms. The molecule has 0 aromatic heterocycles. The summed E-state index contributed by atoms with van der Waals surface area (Å²) in [6.07, 6.45) is 7.05. The van der Waals surface area contributed by atoms with Gasteiger partial charge in [-0.1, -0.05) is 44.7 Å². The Balaban J connectivity index is 0.000000452. The second-order valence-corrected chi connectivity index (χ2v) is 9.47. The first-order chi connectivity index (χ1) is 9.67. The first kappa shape index (κ1) is 16.7. The summed E-state index contributed by atoms with van der Waals surface area (Å²) in [5.74, 6) is 0.814. The van der Waals surface area contributed by atoms with Gasteiger partial charge in [-0.3, -0.25) is 0 Å². The Morgan fingerprint density at radius 1 is 1.10 bits per heavy atom. The second-order valence-electron chi connectivity index (χ2n) is 5.74. The minimum absolute atomic E-state index is 0.814. The molecule has 20 heavy (non-hydrogen) atoms. The quantitative estimate of drug-likeness (QED) is 0.484. The number of hydrogen-bond donors (Lipinski definition) is 0. The van der Waals surface area contributed by atoms with Crippen molar-refractivity contribution in [3.8, 4) is 0 Å². The molecule has 0 nitrogen and oxygen atoms in total. The van der Waals surface area contributed by atoms with Gasteiger partial charge in [0.1, 0.15) is 0 Å². The van der Waals surface area contributed by atoms with E-state index in [0.29, 0.717) is 0 Å². The van der Waals surface area contributed by atoms with Crippen LogP contribution in [0.3, 0.4) is 0 Å². The molecule has 1 saturated carbocycles. The molecule has 2 aromatic rings. The molecule has 0 bridgehead atoms. The van der Waals surface area contributed by atoms with Crippen molar-refractivity contribution in [1.82, 2.24) is 0 Å². The van der Waals surface area contributed by atoms with Crippen molar-refractivity contribution in [1.29, 1.82) is 0 Å².